The van der Waals surface area contributed by atoms with Crippen LogP contribution < -0.4 is 14.9 Å². The second-order valence-corrected chi connectivity index (χ2v) is 10.8. The maximum absolute atomic E-state index is 12.6. The van der Waals surface area contributed by atoms with E-state index in [9.17, 15) is 13.2 Å². The van der Waals surface area contributed by atoms with Crippen molar-refractivity contribution in [3.05, 3.63) is 58.6 Å². The third kappa shape index (κ3) is 5.42. The average Bonchev–Trinajstić information content (AvgIpc) is 3.46. The van der Waals surface area contributed by atoms with Crippen molar-refractivity contribution in [2.45, 2.75) is 24.2 Å². The molecule has 1 aliphatic heterocycles. The van der Waals surface area contributed by atoms with E-state index in [1.807, 2.05) is 12.1 Å². The quantitative estimate of drug-likeness (QED) is 0.592. The summed E-state index contributed by atoms with van der Waals surface area (Å²) in [6.07, 6.45) is 3.16. The van der Waals surface area contributed by atoms with E-state index in [4.69, 9.17) is 0 Å². The van der Waals surface area contributed by atoms with Crippen LogP contribution in [0.2, 0.25) is 0 Å². The summed E-state index contributed by atoms with van der Waals surface area (Å²) in [5.41, 5.74) is 1.54. The third-order valence-corrected chi connectivity index (χ3v) is 7.59. The Hall–Kier alpha value is -1.90. The SMILES string of the molecule is O=C(NCC1CCN(c2cccc(Br)c2)C1)c1cccc(S(=O)(=O)NCC2CC2)c1. The minimum atomic E-state index is -3.58. The molecule has 2 aliphatic rings. The average molecular weight is 492 g/mol. The van der Waals surface area contributed by atoms with E-state index in [1.54, 1.807) is 12.1 Å². The molecular formula is C22H26BrN3O3S. The molecule has 160 valence electrons. The van der Waals surface area contributed by atoms with E-state index in [-0.39, 0.29) is 10.8 Å². The number of benzene rings is 2. The molecule has 1 saturated carbocycles. The van der Waals surface area contributed by atoms with Gasteiger partial charge < -0.3 is 10.2 Å². The predicted molar refractivity (Wildman–Crippen MR) is 121 cm³/mol. The van der Waals surface area contributed by atoms with Crippen LogP contribution in [0.5, 0.6) is 0 Å². The summed E-state index contributed by atoms with van der Waals surface area (Å²) in [4.78, 5) is 15.1. The fraction of sp³-hybridized carbons (Fsp3) is 0.409. The zero-order valence-corrected chi connectivity index (χ0v) is 19.1. The van der Waals surface area contributed by atoms with Crippen LogP contribution in [0.4, 0.5) is 5.69 Å². The van der Waals surface area contributed by atoms with Crippen molar-refractivity contribution in [3.8, 4) is 0 Å². The van der Waals surface area contributed by atoms with Crippen LogP contribution in [-0.4, -0.2) is 40.5 Å². The van der Waals surface area contributed by atoms with E-state index in [2.05, 4.69) is 43.0 Å². The molecule has 2 fully saturated rings. The minimum absolute atomic E-state index is 0.137. The number of hydrogen-bond acceptors (Lipinski definition) is 4. The van der Waals surface area contributed by atoms with Crippen molar-refractivity contribution in [3.63, 3.8) is 0 Å². The van der Waals surface area contributed by atoms with Gasteiger partial charge >= 0.3 is 0 Å². The molecule has 6 nitrogen and oxygen atoms in total. The number of anilines is 1. The Bertz CT molecular complexity index is 1020. The van der Waals surface area contributed by atoms with Crippen molar-refractivity contribution in [1.82, 2.24) is 10.0 Å². The number of halogens is 1. The first-order valence-electron chi connectivity index (χ1n) is 10.3. The van der Waals surface area contributed by atoms with Gasteiger partial charge in [-0.05, 0) is 67.5 Å². The third-order valence-electron chi connectivity index (χ3n) is 5.68. The second kappa shape index (κ2) is 9.08. The fourth-order valence-electron chi connectivity index (χ4n) is 3.68. The van der Waals surface area contributed by atoms with Gasteiger partial charge in [0.25, 0.3) is 5.91 Å². The van der Waals surface area contributed by atoms with Gasteiger partial charge in [-0.3, -0.25) is 4.79 Å². The van der Waals surface area contributed by atoms with Crippen LogP contribution in [0.15, 0.2) is 57.9 Å². The standard InChI is InChI=1S/C22H26BrN3O3S/c23-19-4-2-5-20(12-19)26-10-9-17(15-26)13-24-22(27)18-3-1-6-21(11-18)30(28,29)25-14-16-7-8-16/h1-6,11-12,16-17,25H,7-10,13-15H2,(H,24,27). The maximum atomic E-state index is 12.6. The number of carbonyl (C=O) groups is 1. The van der Waals surface area contributed by atoms with Crippen molar-refractivity contribution in [2.75, 3.05) is 31.1 Å². The molecule has 1 unspecified atom stereocenters. The Morgan fingerprint density at radius 1 is 1.03 bits per heavy atom. The number of sulfonamides is 1. The molecule has 0 spiro atoms. The molecule has 1 saturated heterocycles. The lowest BCUT2D eigenvalue weighted by Crippen LogP contribution is -2.31. The lowest BCUT2D eigenvalue weighted by atomic mass is 10.1. The molecule has 0 aromatic heterocycles. The first-order chi connectivity index (χ1) is 14.4. The Balaban J connectivity index is 1.32. The van der Waals surface area contributed by atoms with Gasteiger partial charge in [0.2, 0.25) is 10.0 Å². The van der Waals surface area contributed by atoms with Crippen LogP contribution in [0.1, 0.15) is 29.6 Å². The Labute approximate surface area is 186 Å². The molecule has 2 aromatic carbocycles. The van der Waals surface area contributed by atoms with E-state index < -0.39 is 10.0 Å². The fourth-order valence-corrected chi connectivity index (χ4v) is 5.23. The molecule has 30 heavy (non-hydrogen) atoms. The van der Waals surface area contributed by atoms with Crippen molar-refractivity contribution < 1.29 is 13.2 Å². The monoisotopic (exact) mass is 491 g/mol. The van der Waals surface area contributed by atoms with Gasteiger partial charge in [-0.25, -0.2) is 13.1 Å². The lowest BCUT2D eigenvalue weighted by molar-refractivity contribution is 0.0948. The molecule has 8 heteroatoms. The normalized spacial score (nSPS) is 19.1. The Morgan fingerprint density at radius 2 is 1.83 bits per heavy atom. The zero-order chi connectivity index (χ0) is 21.1. The van der Waals surface area contributed by atoms with Gasteiger partial charge in [-0.2, -0.15) is 0 Å². The van der Waals surface area contributed by atoms with E-state index in [1.165, 1.54) is 17.8 Å². The number of amides is 1. The van der Waals surface area contributed by atoms with Crippen LogP contribution in [0.3, 0.4) is 0 Å². The highest BCUT2D eigenvalue weighted by Crippen LogP contribution is 2.28. The van der Waals surface area contributed by atoms with Crippen LogP contribution >= 0.6 is 15.9 Å². The first kappa shape index (κ1) is 21.3. The number of carbonyl (C=O) groups excluding carboxylic acids is 1. The maximum Gasteiger partial charge on any atom is 0.251 e. The first-order valence-corrected chi connectivity index (χ1v) is 12.6. The van der Waals surface area contributed by atoms with Gasteiger partial charge in [0.05, 0.1) is 4.90 Å². The lowest BCUT2D eigenvalue weighted by Gasteiger charge is -2.19. The topological polar surface area (TPSA) is 78.5 Å². The summed E-state index contributed by atoms with van der Waals surface area (Å²) in [6.45, 7) is 2.88. The van der Waals surface area contributed by atoms with Crippen molar-refractivity contribution >= 4 is 37.5 Å². The summed E-state index contributed by atoms with van der Waals surface area (Å²) in [5.74, 6) is 0.574. The van der Waals surface area contributed by atoms with Crippen LogP contribution in [0, 0.1) is 11.8 Å². The summed E-state index contributed by atoms with van der Waals surface area (Å²) in [6, 6.07) is 14.5. The second-order valence-electron chi connectivity index (χ2n) is 8.11. The number of nitrogens with zero attached hydrogens (tertiary/aromatic N) is 1. The summed E-state index contributed by atoms with van der Waals surface area (Å²) < 4.78 is 28.6. The minimum Gasteiger partial charge on any atom is -0.371 e. The van der Waals surface area contributed by atoms with Gasteiger partial charge in [0, 0.05) is 41.9 Å². The summed E-state index contributed by atoms with van der Waals surface area (Å²) in [5, 5.41) is 2.97. The van der Waals surface area contributed by atoms with E-state index >= 15 is 0 Å². The molecule has 4 rings (SSSR count). The molecular weight excluding hydrogens is 466 g/mol. The van der Waals surface area contributed by atoms with Crippen molar-refractivity contribution in [1.29, 1.82) is 0 Å². The molecule has 1 atom stereocenters. The summed E-state index contributed by atoms with van der Waals surface area (Å²) in [7, 11) is -3.58. The van der Waals surface area contributed by atoms with Crippen molar-refractivity contribution in [2.24, 2.45) is 11.8 Å². The Morgan fingerprint density at radius 3 is 2.60 bits per heavy atom. The zero-order valence-electron chi connectivity index (χ0n) is 16.7. The van der Waals surface area contributed by atoms with E-state index in [0.29, 0.717) is 30.5 Å². The molecule has 0 radical (unpaired) electrons. The molecule has 1 heterocycles. The van der Waals surface area contributed by atoms with Gasteiger partial charge in [0.15, 0.2) is 0 Å². The number of nitrogens with one attached hydrogen (secondary N) is 2. The van der Waals surface area contributed by atoms with Crippen LogP contribution in [-0.2, 0) is 10.0 Å². The van der Waals surface area contributed by atoms with Gasteiger partial charge in [-0.1, -0.05) is 28.1 Å². The van der Waals surface area contributed by atoms with E-state index in [0.717, 1.165) is 36.8 Å². The number of hydrogen-bond donors (Lipinski definition) is 2. The smallest absolute Gasteiger partial charge is 0.251 e. The highest BCUT2D eigenvalue weighted by molar-refractivity contribution is 9.10. The molecule has 2 N–H and O–H groups in total. The Kier molecular flexibility index (Phi) is 6.46. The number of rotatable bonds is 8. The molecule has 0 bridgehead atoms. The molecule has 1 amide bonds. The largest absolute Gasteiger partial charge is 0.371 e. The predicted octanol–water partition coefficient (Wildman–Crippen LogP) is 3.39. The highest BCUT2D eigenvalue weighted by atomic mass is 79.9. The summed E-state index contributed by atoms with van der Waals surface area (Å²) >= 11 is 3.51. The highest BCUT2D eigenvalue weighted by Gasteiger charge is 2.25. The van der Waals surface area contributed by atoms with Gasteiger partial charge in [-0.15, -0.1) is 0 Å². The molecule has 2 aromatic rings. The molecule has 1 aliphatic carbocycles. The van der Waals surface area contributed by atoms with Gasteiger partial charge in [0.1, 0.15) is 0 Å². The van der Waals surface area contributed by atoms with Crippen LogP contribution in [0.25, 0.3) is 0 Å².